The van der Waals surface area contributed by atoms with Gasteiger partial charge in [-0.1, -0.05) is 49.6 Å². The summed E-state index contributed by atoms with van der Waals surface area (Å²) in [4.78, 5) is 0. The minimum Gasteiger partial charge on any atom is -0.406 e. The molecule has 0 radical (unpaired) electrons. The third-order valence-corrected chi connectivity index (χ3v) is 6.69. The number of ether oxygens (including phenoxy) is 1. The average molecular weight is 409 g/mol. The molecule has 0 saturated heterocycles. The first kappa shape index (κ1) is 22.0. The fourth-order valence-corrected chi connectivity index (χ4v) is 5.05. The van der Waals surface area contributed by atoms with E-state index in [9.17, 15) is 13.2 Å². The largest absolute Gasteiger partial charge is 0.573 e. The molecule has 162 valence electrons. The lowest BCUT2D eigenvalue weighted by Crippen LogP contribution is -2.23. The van der Waals surface area contributed by atoms with Gasteiger partial charge in [0.1, 0.15) is 5.75 Å². The number of alkyl halides is 3. The molecule has 1 atom stereocenters. The summed E-state index contributed by atoms with van der Waals surface area (Å²) in [7, 11) is 0. The topological polar surface area (TPSA) is 9.23 Å². The number of rotatable bonds is 7. The van der Waals surface area contributed by atoms with E-state index in [0.717, 1.165) is 36.2 Å². The highest BCUT2D eigenvalue weighted by atomic mass is 19.4. The number of benzene rings is 1. The Bertz CT molecular complexity index is 685. The molecule has 0 aromatic heterocycles. The highest BCUT2D eigenvalue weighted by molar-refractivity contribution is 5.66. The van der Waals surface area contributed by atoms with Gasteiger partial charge in [0.05, 0.1) is 0 Å². The van der Waals surface area contributed by atoms with Crippen molar-refractivity contribution in [3.05, 3.63) is 48.1 Å². The Morgan fingerprint density at radius 3 is 2.34 bits per heavy atom. The molecule has 0 N–H and O–H groups in total. The van der Waals surface area contributed by atoms with Gasteiger partial charge in [-0.15, -0.1) is 13.2 Å². The monoisotopic (exact) mass is 408 g/mol. The first-order valence-corrected chi connectivity index (χ1v) is 11.1. The normalized spacial score (nSPS) is 25.8. The summed E-state index contributed by atoms with van der Waals surface area (Å²) < 4.78 is 40.9. The van der Waals surface area contributed by atoms with Crippen LogP contribution in [0.1, 0.15) is 78.1 Å². The van der Waals surface area contributed by atoms with Crippen LogP contribution < -0.4 is 4.74 Å². The Labute approximate surface area is 174 Å². The second-order valence-corrected chi connectivity index (χ2v) is 8.62. The van der Waals surface area contributed by atoms with Crippen molar-refractivity contribution < 1.29 is 19.3 Å². The van der Waals surface area contributed by atoms with Crippen LogP contribution in [-0.2, 0) is 0 Å². The lowest BCUT2D eigenvalue weighted by atomic mass is 9.70. The Kier molecular flexibility index (Phi) is 7.85. The molecule has 0 aliphatic heterocycles. The van der Waals surface area contributed by atoms with Crippen LogP contribution in [0.15, 0.2) is 42.5 Å². The predicted molar refractivity (Wildman–Crippen MR) is 115 cm³/mol. The Morgan fingerprint density at radius 1 is 1.03 bits per heavy atom. The van der Waals surface area contributed by atoms with Gasteiger partial charge in [-0.25, -0.2) is 0 Å². The number of hydrogen-bond acceptors (Lipinski definition) is 1. The van der Waals surface area contributed by atoms with Crippen LogP contribution in [-0.4, -0.2) is 6.36 Å². The van der Waals surface area contributed by atoms with E-state index in [1.165, 1.54) is 69.1 Å². The molecule has 0 bridgehead atoms. The van der Waals surface area contributed by atoms with E-state index in [0.29, 0.717) is 0 Å². The molecule has 0 heterocycles. The van der Waals surface area contributed by atoms with Gasteiger partial charge in [-0.3, -0.25) is 0 Å². The number of allylic oxidation sites excluding steroid dienone is 4. The highest BCUT2D eigenvalue weighted by Crippen LogP contribution is 2.42. The van der Waals surface area contributed by atoms with Crippen molar-refractivity contribution in [3.63, 3.8) is 0 Å². The lowest BCUT2D eigenvalue weighted by Gasteiger charge is -2.35. The minimum absolute atomic E-state index is 0. The standard InChI is InChI=1S/C25H33F3O.H2/c1-2-3-4-5-6-19-7-9-20(10-8-19)21-11-13-22(14-12-21)23-15-17-24(18-16-23)29-25(26,27)28;/h2-3,13,15-21H,4-12,14H2,1H3;1H/b3-2+;. The summed E-state index contributed by atoms with van der Waals surface area (Å²) in [6, 6.07) is 6.30. The predicted octanol–water partition coefficient (Wildman–Crippen LogP) is 8.57. The van der Waals surface area contributed by atoms with E-state index in [4.69, 9.17) is 0 Å². The zero-order valence-corrected chi connectivity index (χ0v) is 17.4. The van der Waals surface area contributed by atoms with Crippen LogP contribution in [0, 0.1) is 17.8 Å². The van der Waals surface area contributed by atoms with E-state index < -0.39 is 6.36 Å². The van der Waals surface area contributed by atoms with Gasteiger partial charge in [0.15, 0.2) is 0 Å². The van der Waals surface area contributed by atoms with Crippen molar-refractivity contribution in [1.82, 2.24) is 0 Å². The minimum atomic E-state index is -4.63. The SMILES string of the molecule is C/C=C/CCCC1CCC(C2CC=C(c3ccc(OC(F)(F)F)cc3)CC2)CC1.[HH]. The molecule has 1 saturated carbocycles. The zero-order valence-electron chi connectivity index (χ0n) is 17.4. The second kappa shape index (κ2) is 10.4. The van der Waals surface area contributed by atoms with Gasteiger partial charge < -0.3 is 4.74 Å². The molecule has 4 heteroatoms. The molecule has 3 rings (SSSR count). The summed E-state index contributed by atoms with van der Waals surface area (Å²) in [6.45, 7) is 2.09. The molecule has 1 fully saturated rings. The summed E-state index contributed by atoms with van der Waals surface area (Å²) in [5.74, 6) is 2.39. The number of unbranched alkanes of at least 4 members (excludes halogenated alkanes) is 1. The van der Waals surface area contributed by atoms with Crippen LogP contribution in [0.3, 0.4) is 0 Å². The Hall–Kier alpha value is -1.71. The smallest absolute Gasteiger partial charge is 0.406 e. The van der Waals surface area contributed by atoms with Crippen molar-refractivity contribution in [3.8, 4) is 5.75 Å². The maximum atomic E-state index is 12.3. The third-order valence-electron chi connectivity index (χ3n) is 6.69. The molecule has 0 amide bonds. The molecule has 29 heavy (non-hydrogen) atoms. The van der Waals surface area contributed by atoms with E-state index in [-0.39, 0.29) is 7.18 Å². The van der Waals surface area contributed by atoms with E-state index in [1.54, 1.807) is 12.1 Å². The van der Waals surface area contributed by atoms with Gasteiger partial charge in [0.25, 0.3) is 0 Å². The first-order valence-electron chi connectivity index (χ1n) is 11.1. The van der Waals surface area contributed by atoms with Crippen molar-refractivity contribution in [1.29, 1.82) is 0 Å². The van der Waals surface area contributed by atoms with Crippen LogP contribution in [0.5, 0.6) is 5.75 Å². The fraction of sp³-hybridized carbons (Fsp3) is 0.600. The van der Waals surface area contributed by atoms with Gasteiger partial charge in [0, 0.05) is 1.43 Å². The molecular formula is C25H35F3O. The van der Waals surface area contributed by atoms with Crippen LogP contribution in [0.25, 0.3) is 5.57 Å². The van der Waals surface area contributed by atoms with Crippen molar-refractivity contribution in [2.24, 2.45) is 17.8 Å². The van der Waals surface area contributed by atoms with E-state index in [1.807, 2.05) is 0 Å². The Morgan fingerprint density at radius 2 is 1.76 bits per heavy atom. The summed E-state index contributed by atoms with van der Waals surface area (Å²) in [6.07, 6.45) is 14.8. The molecule has 1 unspecified atom stereocenters. The average Bonchev–Trinajstić information content (AvgIpc) is 2.71. The molecule has 1 aromatic carbocycles. The third kappa shape index (κ3) is 6.94. The van der Waals surface area contributed by atoms with Crippen LogP contribution >= 0.6 is 0 Å². The van der Waals surface area contributed by atoms with Gasteiger partial charge in [-0.2, -0.15) is 0 Å². The summed E-state index contributed by atoms with van der Waals surface area (Å²) in [5.41, 5.74) is 2.28. The summed E-state index contributed by atoms with van der Waals surface area (Å²) in [5, 5.41) is 0. The van der Waals surface area contributed by atoms with E-state index in [2.05, 4.69) is 29.9 Å². The summed E-state index contributed by atoms with van der Waals surface area (Å²) >= 11 is 0. The maximum Gasteiger partial charge on any atom is 0.573 e. The molecule has 1 nitrogen and oxygen atoms in total. The molecule has 2 aliphatic rings. The molecule has 1 aromatic rings. The maximum absolute atomic E-state index is 12.3. The van der Waals surface area contributed by atoms with Crippen LogP contribution in [0.4, 0.5) is 13.2 Å². The van der Waals surface area contributed by atoms with Crippen molar-refractivity contribution >= 4 is 5.57 Å². The molecular weight excluding hydrogens is 373 g/mol. The lowest BCUT2D eigenvalue weighted by molar-refractivity contribution is -0.274. The van der Waals surface area contributed by atoms with Crippen LogP contribution in [0.2, 0.25) is 0 Å². The number of hydrogen-bond donors (Lipinski definition) is 0. The quantitative estimate of drug-likeness (QED) is 0.324. The van der Waals surface area contributed by atoms with Crippen molar-refractivity contribution in [2.75, 3.05) is 0 Å². The number of halogens is 3. The van der Waals surface area contributed by atoms with Crippen molar-refractivity contribution in [2.45, 2.75) is 77.5 Å². The molecule has 0 spiro atoms. The first-order chi connectivity index (χ1) is 13.9. The van der Waals surface area contributed by atoms with Gasteiger partial charge in [-0.05, 0) is 92.9 Å². The second-order valence-electron chi connectivity index (χ2n) is 8.62. The zero-order chi connectivity index (χ0) is 20.7. The van der Waals surface area contributed by atoms with Gasteiger partial charge in [0.2, 0.25) is 0 Å². The molecule has 2 aliphatic carbocycles. The fourth-order valence-electron chi connectivity index (χ4n) is 5.05. The van der Waals surface area contributed by atoms with Gasteiger partial charge >= 0.3 is 6.36 Å². The van der Waals surface area contributed by atoms with E-state index >= 15 is 0 Å². The Balaban J connectivity index is 0.00000320. The highest BCUT2D eigenvalue weighted by Gasteiger charge is 2.31.